The van der Waals surface area contributed by atoms with Crippen molar-refractivity contribution in [1.29, 1.82) is 0 Å². The minimum absolute atomic E-state index is 0.0817. The van der Waals surface area contributed by atoms with E-state index in [9.17, 15) is 19.5 Å². The Balaban J connectivity index is 1.62. The number of alkyl carbamates (subject to hydrolysis) is 1. The lowest BCUT2D eigenvalue weighted by atomic mass is 9.98. The molecular formula is C26H32N2O7. The normalized spacial score (nSPS) is 14.4. The van der Waals surface area contributed by atoms with Crippen LogP contribution >= 0.6 is 0 Å². The van der Waals surface area contributed by atoms with Gasteiger partial charge in [0.15, 0.2) is 6.04 Å². The third-order valence-corrected chi connectivity index (χ3v) is 5.58. The highest BCUT2D eigenvalue weighted by atomic mass is 16.5. The van der Waals surface area contributed by atoms with Crippen molar-refractivity contribution in [2.45, 2.75) is 44.4 Å². The molecule has 9 nitrogen and oxygen atoms in total. The van der Waals surface area contributed by atoms with Crippen LogP contribution in [0.1, 0.15) is 37.8 Å². The number of amides is 2. The molecule has 0 heterocycles. The number of carbonyl (C=O) groups is 3. The lowest BCUT2D eigenvalue weighted by Gasteiger charge is -2.25. The van der Waals surface area contributed by atoms with Crippen molar-refractivity contribution in [3.8, 4) is 11.1 Å². The molecule has 2 amide bonds. The SMILES string of the molecule is COCC(NC(=O)OCC1c2ccccc2-c2ccccc21)C(=O)N[C@@H](COC(C)(C)C)C(=O)O. The molecule has 3 N–H and O–H groups in total. The number of ether oxygens (including phenoxy) is 3. The molecule has 9 heteroatoms. The highest BCUT2D eigenvalue weighted by Crippen LogP contribution is 2.44. The number of fused-ring (bicyclic) bond motifs is 3. The molecule has 0 fully saturated rings. The van der Waals surface area contributed by atoms with Gasteiger partial charge < -0.3 is 30.0 Å². The smallest absolute Gasteiger partial charge is 0.407 e. The van der Waals surface area contributed by atoms with E-state index in [1.165, 1.54) is 7.11 Å². The molecule has 1 aliphatic carbocycles. The molecule has 2 aromatic carbocycles. The van der Waals surface area contributed by atoms with Gasteiger partial charge in [-0.3, -0.25) is 4.79 Å². The summed E-state index contributed by atoms with van der Waals surface area (Å²) in [5, 5.41) is 14.3. The second-order valence-corrected chi connectivity index (χ2v) is 9.30. The number of benzene rings is 2. The van der Waals surface area contributed by atoms with Crippen LogP contribution in [0.5, 0.6) is 0 Å². The molecule has 1 aliphatic rings. The Morgan fingerprint density at radius 2 is 1.49 bits per heavy atom. The predicted molar refractivity (Wildman–Crippen MR) is 129 cm³/mol. The summed E-state index contributed by atoms with van der Waals surface area (Å²) in [7, 11) is 1.37. The molecule has 0 saturated carbocycles. The van der Waals surface area contributed by atoms with Gasteiger partial charge in [-0.15, -0.1) is 0 Å². The van der Waals surface area contributed by atoms with E-state index in [1.54, 1.807) is 20.8 Å². The summed E-state index contributed by atoms with van der Waals surface area (Å²) in [6, 6.07) is 13.5. The molecule has 0 radical (unpaired) electrons. The van der Waals surface area contributed by atoms with Crippen LogP contribution in [0, 0.1) is 0 Å². The Bertz CT molecular complexity index is 1020. The Hall–Kier alpha value is -3.43. The summed E-state index contributed by atoms with van der Waals surface area (Å²) in [6.45, 7) is 5.02. The molecule has 2 aromatic rings. The fraction of sp³-hybridized carbons (Fsp3) is 0.423. The van der Waals surface area contributed by atoms with Crippen molar-refractivity contribution in [3.63, 3.8) is 0 Å². The second kappa shape index (κ2) is 11.3. The number of aliphatic carboxylic acids is 1. The van der Waals surface area contributed by atoms with Crippen LogP contribution in [0.3, 0.4) is 0 Å². The molecule has 0 saturated heterocycles. The van der Waals surface area contributed by atoms with Crippen molar-refractivity contribution in [1.82, 2.24) is 10.6 Å². The molecule has 35 heavy (non-hydrogen) atoms. The summed E-state index contributed by atoms with van der Waals surface area (Å²) < 4.78 is 16.0. The molecule has 1 unspecified atom stereocenters. The van der Waals surface area contributed by atoms with Crippen LogP contribution in [0.2, 0.25) is 0 Å². The lowest BCUT2D eigenvalue weighted by Crippen LogP contribution is -2.55. The molecule has 0 aliphatic heterocycles. The number of nitrogens with one attached hydrogen (secondary N) is 2. The molecule has 2 atom stereocenters. The van der Waals surface area contributed by atoms with E-state index >= 15 is 0 Å². The van der Waals surface area contributed by atoms with Gasteiger partial charge in [0.2, 0.25) is 5.91 Å². The van der Waals surface area contributed by atoms with Crippen molar-refractivity contribution in [2.24, 2.45) is 0 Å². The van der Waals surface area contributed by atoms with Gasteiger partial charge in [-0.25, -0.2) is 9.59 Å². The summed E-state index contributed by atoms with van der Waals surface area (Å²) in [5.74, 6) is -2.10. The van der Waals surface area contributed by atoms with Gasteiger partial charge >= 0.3 is 12.1 Å². The predicted octanol–water partition coefficient (Wildman–Crippen LogP) is 2.92. The fourth-order valence-corrected chi connectivity index (χ4v) is 3.91. The number of rotatable bonds is 10. The number of methoxy groups -OCH3 is 1. The zero-order valence-corrected chi connectivity index (χ0v) is 20.4. The maximum Gasteiger partial charge on any atom is 0.407 e. The fourth-order valence-electron chi connectivity index (χ4n) is 3.91. The zero-order valence-electron chi connectivity index (χ0n) is 20.4. The summed E-state index contributed by atoms with van der Waals surface area (Å²) in [4.78, 5) is 36.9. The first-order valence-corrected chi connectivity index (χ1v) is 11.4. The minimum Gasteiger partial charge on any atom is -0.480 e. The van der Waals surface area contributed by atoms with E-state index in [-0.39, 0.29) is 25.7 Å². The Kier molecular flexibility index (Phi) is 8.48. The van der Waals surface area contributed by atoms with E-state index < -0.39 is 35.7 Å². The largest absolute Gasteiger partial charge is 0.480 e. The maximum absolute atomic E-state index is 12.7. The van der Waals surface area contributed by atoms with Crippen LogP contribution in [0.4, 0.5) is 4.79 Å². The molecule has 3 rings (SSSR count). The Morgan fingerprint density at radius 3 is 2.00 bits per heavy atom. The molecule has 0 aromatic heterocycles. The number of hydrogen-bond donors (Lipinski definition) is 3. The van der Waals surface area contributed by atoms with Gasteiger partial charge in [-0.1, -0.05) is 48.5 Å². The van der Waals surface area contributed by atoms with Crippen LogP contribution < -0.4 is 10.6 Å². The monoisotopic (exact) mass is 484 g/mol. The van der Waals surface area contributed by atoms with Crippen molar-refractivity contribution < 1.29 is 33.7 Å². The number of carboxylic acids is 1. The first kappa shape index (κ1) is 26.2. The molecule has 0 spiro atoms. The van der Waals surface area contributed by atoms with E-state index in [0.717, 1.165) is 22.3 Å². The standard InChI is InChI=1S/C26H32N2O7/c1-26(2,3)35-15-22(24(30)31)27-23(29)21(14-33-4)28-25(32)34-13-20-18-11-7-5-9-16(18)17-10-6-8-12-19(17)20/h5-12,20-22H,13-15H2,1-4H3,(H,27,29)(H,28,32)(H,30,31)/t21?,22-/m0/s1. The first-order valence-electron chi connectivity index (χ1n) is 11.4. The van der Waals surface area contributed by atoms with Crippen molar-refractivity contribution in [2.75, 3.05) is 26.9 Å². The quantitative estimate of drug-likeness (QED) is 0.474. The van der Waals surface area contributed by atoms with Crippen LogP contribution in [0.15, 0.2) is 48.5 Å². The lowest BCUT2D eigenvalue weighted by molar-refractivity contribution is -0.145. The second-order valence-electron chi connectivity index (χ2n) is 9.30. The topological polar surface area (TPSA) is 123 Å². The number of hydrogen-bond acceptors (Lipinski definition) is 6. The van der Waals surface area contributed by atoms with Crippen LogP contribution in [-0.2, 0) is 23.8 Å². The van der Waals surface area contributed by atoms with Gasteiger partial charge in [-0.05, 0) is 43.0 Å². The Morgan fingerprint density at radius 1 is 0.914 bits per heavy atom. The highest BCUT2D eigenvalue weighted by molar-refractivity contribution is 5.89. The van der Waals surface area contributed by atoms with Gasteiger partial charge in [0.1, 0.15) is 12.6 Å². The van der Waals surface area contributed by atoms with Crippen LogP contribution in [-0.4, -0.2) is 67.7 Å². The van der Waals surface area contributed by atoms with Crippen molar-refractivity contribution >= 4 is 18.0 Å². The van der Waals surface area contributed by atoms with E-state index in [1.807, 2.05) is 48.5 Å². The molecule has 0 bridgehead atoms. The minimum atomic E-state index is -1.29. The first-order chi connectivity index (χ1) is 16.6. The third-order valence-electron chi connectivity index (χ3n) is 5.58. The number of carboxylic acid groups (broad SMARTS) is 1. The van der Waals surface area contributed by atoms with E-state index in [4.69, 9.17) is 14.2 Å². The molecule has 188 valence electrons. The Labute approximate surface area is 204 Å². The van der Waals surface area contributed by atoms with Crippen molar-refractivity contribution in [3.05, 3.63) is 59.7 Å². The van der Waals surface area contributed by atoms with Gasteiger partial charge in [-0.2, -0.15) is 0 Å². The molecular weight excluding hydrogens is 452 g/mol. The summed E-state index contributed by atoms with van der Waals surface area (Å²) in [6.07, 6.45) is -0.804. The van der Waals surface area contributed by atoms with Crippen LogP contribution in [0.25, 0.3) is 11.1 Å². The van der Waals surface area contributed by atoms with E-state index in [2.05, 4.69) is 10.6 Å². The van der Waals surface area contributed by atoms with E-state index in [0.29, 0.717) is 0 Å². The van der Waals surface area contributed by atoms with Gasteiger partial charge in [0.05, 0.1) is 18.8 Å². The zero-order chi connectivity index (χ0) is 25.6. The average Bonchev–Trinajstić information content (AvgIpc) is 3.13. The summed E-state index contributed by atoms with van der Waals surface area (Å²) in [5.41, 5.74) is 3.76. The average molecular weight is 485 g/mol. The number of carbonyl (C=O) groups excluding carboxylic acids is 2. The highest BCUT2D eigenvalue weighted by Gasteiger charge is 2.31. The third kappa shape index (κ3) is 6.80. The maximum atomic E-state index is 12.7. The van der Waals surface area contributed by atoms with Gasteiger partial charge in [0.25, 0.3) is 0 Å². The summed E-state index contributed by atoms with van der Waals surface area (Å²) >= 11 is 0. The van der Waals surface area contributed by atoms with Gasteiger partial charge in [0, 0.05) is 13.0 Å².